The van der Waals surface area contributed by atoms with Crippen molar-refractivity contribution in [1.29, 1.82) is 0 Å². The zero-order valence-corrected chi connectivity index (χ0v) is 9.29. The molecule has 90 valence electrons. The van der Waals surface area contributed by atoms with Crippen LogP contribution >= 0.6 is 12.4 Å². The Balaban J connectivity index is 0.00000144. The zero-order valence-electron chi connectivity index (χ0n) is 8.48. The van der Waals surface area contributed by atoms with Gasteiger partial charge in [0.15, 0.2) is 5.82 Å². The lowest BCUT2D eigenvalue weighted by Gasteiger charge is -2.07. The van der Waals surface area contributed by atoms with Crippen LogP contribution in [0.5, 0.6) is 0 Å². The molecule has 0 spiro atoms. The van der Waals surface area contributed by atoms with E-state index in [1.807, 2.05) is 0 Å². The molecule has 0 saturated carbocycles. The molecule has 1 aromatic carbocycles. The van der Waals surface area contributed by atoms with Crippen molar-refractivity contribution in [3.63, 3.8) is 0 Å². The van der Waals surface area contributed by atoms with E-state index in [0.29, 0.717) is 5.56 Å². The van der Waals surface area contributed by atoms with Gasteiger partial charge in [-0.15, -0.1) is 12.4 Å². The predicted molar refractivity (Wildman–Crippen MR) is 59.7 cm³/mol. The second-order valence-electron chi connectivity index (χ2n) is 3.15. The summed E-state index contributed by atoms with van der Waals surface area (Å²) in [7, 11) is 0. The number of halogens is 4. The summed E-state index contributed by atoms with van der Waals surface area (Å²) in [6.45, 7) is 0. The lowest BCUT2D eigenvalue weighted by atomic mass is 10.1. The van der Waals surface area contributed by atoms with E-state index < -0.39 is 11.7 Å². The number of hydrogen-bond acceptors (Lipinski definition) is 2. The van der Waals surface area contributed by atoms with E-state index in [2.05, 4.69) is 9.97 Å². The number of nitrogens with zero attached hydrogens (tertiary/aromatic N) is 2. The molecule has 1 heterocycles. The van der Waals surface area contributed by atoms with Crippen molar-refractivity contribution < 1.29 is 13.2 Å². The fraction of sp³-hybridized carbons (Fsp3) is 0.0909. The van der Waals surface area contributed by atoms with E-state index in [0.717, 1.165) is 12.1 Å². The fourth-order valence-electron chi connectivity index (χ4n) is 1.28. The van der Waals surface area contributed by atoms with Crippen molar-refractivity contribution in [2.75, 3.05) is 0 Å². The maximum absolute atomic E-state index is 12.4. The summed E-state index contributed by atoms with van der Waals surface area (Å²) in [5, 5.41) is 0. The first-order valence-corrected chi connectivity index (χ1v) is 4.52. The Bertz CT molecular complexity index is 486. The molecule has 0 aliphatic carbocycles. The minimum atomic E-state index is -4.34. The third-order valence-electron chi connectivity index (χ3n) is 2.01. The quantitative estimate of drug-likeness (QED) is 0.783. The molecule has 0 atom stereocenters. The van der Waals surface area contributed by atoms with Crippen LogP contribution in [-0.4, -0.2) is 9.97 Å². The zero-order chi connectivity index (χ0) is 11.6. The fourth-order valence-corrected chi connectivity index (χ4v) is 1.28. The van der Waals surface area contributed by atoms with Crippen molar-refractivity contribution in [3.8, 4) is 11.4 Å². The van der Waals surface area contributed by atoms with Gasteiger partial charge in [-0.05, 0) is 18.2 Å². The number of aromatic nitrogens is 2. The summed E-state index contributed by atoms with van der Waals surface area (Å²) in [5.41, 5.74) is -0.340. The molecule has 2 rings (SSSR count). The lowest BCUT2D eigenvalue weighted by Crippen LogP contribution is -2.04. The van der Waals surface area contributed by atoms with Crippen molar-refractivity contribution in [2.45, 2.75) is 6.18 Å². The SMILES string of the molecule is Cl.FC(F)(F)c1cccc(-c2ncccn2)c1. The van der Waals surface area contributed by atoms with Crippen LogP contribution in [0.25, 0.3) is 11.4 Å². The number of alkyl halides is 3. The highest BCUT2D eigenvalue weighted by Gasteiger charge is 2.30. The lowest BCUT2D eigenvalue weighted by molar-refractivity contribution is -0.137. The topological polar surface area (TPSA) is 25.8 Å². The predicted octanol–water partition coefficient (Wildman–Crippen LogP) is 3.58. The summed E-state index contributed by atoms with van der Waals surface area (Å²) in [5.74, 6) is 0.286. The van der Waals surface area contributed by atoms with E-state index in [-0.39, 0.29) is 18.2 Å². The molecule has 1 aromatic heterocycles. The van der Waals surface area contributed by atoms with E-state index in [4.69, 9.17) is 0 Å². The van der Waals surface area contributed by atoms with Crippen LogP contribution in [-0.2, 0) is 6.18 Å². The van der Waals surface area contributed by atoms with Crippen LogP contribution in [0.4, 0.5) is 13.2 Å². The molecule has 0 unspecified atom stereocenters. The Hall–Kier alpha value is -1.62. The Labute approximate surface area is 102 Å². The summed E-state index contributed by atoms with van der Waals surface area (Å²) in [4.78, 5) is 7.79. The molecule has 0 saturated heterocycles. The Morgan fingerprint density at radius 3 is 2.18 bits per heavy atom. The highest BCUT2D eigenvalue weighted by Crippen LogP contribution is 2.31. The Morgan fingerprint density at radius 1 is 0.941 bits per heavy atom. The first-order chi connectivity index (χ1) is 7.57. The second-order valence-corrected chi connectivity index (χ2v) is 3.15. The van der Waals surface area contributed by atoms with Gasteiger partial charge in [0.05, 0.1) is 5.56 Å². The van der Waals surface area contributed by atoms with Gasteiger partial charge in [0.25, 0.3) is 0 Å². The van der Waals surface area contributed by atoms with Crippen LogP contribution < -0.4 is 0 Å². The highest BCUT2D eigenvalue weighted by molar-refractivity contribution is 5.85. The number of rotatable bonds is 1. The minimum Gasteiger partial charge on any atom is -0.237 e. The molecule has 0 amide bonds. The van der Waals surface area contributed by atoms with Crippen LogP contribution in [0, 0.1) is 0 Å². The van der Waals surface area contributed by atoms with Gasteiger partial charge in [0.1, 0.15) is 0 Å². The van der Waals surface area contributed by atoms with Gasteiger partial charge in [-0.3, -0.25) is 0 Å². The molecule has 0 radical (unpaired) electrons. The van der Waals surface area contributed by atoms with Gasteiger partial charge >= 0.3 is 6.18 Å². The van der Waals surface area contributed by atoms with E-state index in [1.165, 1.54) is 18.5 Å². The molecule has 0 aliphatic rings. The summed E-state index contributed by atoms with van der Waals surface area (Å²) in [6.07, 6.45) is -1.37. The standard InChI is InChI=1S/C11H7F3N2.ClH/c12-11(13,14)9-4-1-3-8(7-9)10-15-5-2-6-16-10;/h1-7H;1H. The molecular weight excluding hydrogens is 253 g/mol. The molecule has 0 bridgehead atoms. The van der Waals surface area contributed by atoms with Crippen LogP contribution in [0.3, 0.4) is 0 Å². The van der Waals surface area contributed by atoms with E-state index in [1.54, 1.807) is 12.1 Å². The van der Waals surface area contributed by atoms with Crippen molar-refractivity contribution in [1.82, 2.24) is 9.97 Å². The van der Waals surface area contributed by atoms with Crippen molar-refractivity contribution in [3.05, 3.63) is 48.3 Å². The Kier molecular flexibility index (Phi) is 4.07. The highest BCUT2D eigenvalue weighted by atomic mass is 35.5. The van der Waals surface area contributed by atoms with Crippen LogP contribution in [0.1, 0.15) is 5.56 Å². The average Bonchev–Trinajstić information content (AvgIpc) is 2.29. The molecule has 2 nitrogen and oxygen atoms in total. The number of benzene rings is 1. The summed E-state index contributed by atoms with van der Waals surface area (Å²) in [6, 6.07) is 6.55. The largest absolute Gasteiger partial charge is 0.416 e. The molecule has 0 aliphatic heterocycles. The van der Waals surface area contributed by atoms with Gasteiger partial charge in [0.2, 0.25) is 0 Å². The van der Waals surface area contributed by atoms with E-state index in [9.17, 15) is 13.2 Å². The first-order valence-electron chi connectivity index (χ1n) is 4.52. The van der Waals surface area contributed by atoms with Crippen LogP contribution in [0.2, 0.25) is 0 Å². The molecular formula is C11H8ClF3N2. The van der Waals surface area contributed by atoms with Gasteiger partial charge in [-0.25, -0.2) is 9.97 Å². The third kappa shape index (κ3) is 3.17. The maximum Gasteiger partial charge on any atom is 0.416 e. The Morgan fingerprint density at radius 2 is 1.59 bits per heavy atom. The molecule has 6 heteroatoms. The third-order valence-corrected chi connectivity index (χ3v) is 2.01. The van der Waals surface area contributed by atoms with Gasteiger partial charge < -0.3 is 0 Å². The summed E-state index contributed by atoms with van der Waals surface area (Å²) >= 11 is 0. The van der Waals surface area contributed by atoms with Gasteiger partial charge in [-0.1, -0.05) is 12.1 Å². The molecule has 0 fully saturated rings. The van der Waals surface area contributed by atoms with Crippen molar-refractivity contribution in [2.24, 2.45) is 0 Å². The van der Waals surface area contributed by atoms with Gasteiger partial charge in [-0.2, -0.15) is 13.2 Å². The summed E-state index contributed by atoms with van der Waals surface area (Å²) < 4.78 is 37.3. The van der Waals surface area contributed by atoms with E-state index >= 15 is 0 Å². The monoisotopic (exact) mass is 260 g/mol. The van der Waals surface area contributed by atoms with Crippen LogP contribution in [0.15, 0.2) is 42.7 Å². The maximum atomic E-state index is 12.4. The molecule has 2 aromatic rings. The number of hydrogen-bond donors (Lipinski definition) is 0. The first kappa shape index (κ1) is 13.4. The molecule has 17 heavy (non-hydrogen) atoms. The average molecular weight is 261 g/mol. The smallest absolute Gasteiger partial charge is 0.237 e. The molecule has 0 N–H and O–H groups in total. The minimum absolute atomic E-state index is 0. The van der Waals surface area contributed by atoms with Crippen molar-refractivity contribution >= 4 is 12.4 Å². The van der Waals surface area contributed by atoms with Gasteiger partial charge in [0, 0.05) is 18.0 Å². The normalized spacial score (nSPS) is 10.8. The second kappa shape index (κ2) is 5.14.